The first kappa shape index (κ1) is 31.1. The third-order valence-corrected chi connectivity index (χ3v) is 6.27. The first-order valence-corrected chi connectivity index (χ1v) is 13.7. The number of fused-ring (bicyclic) bond motifs is 1. The summed E-state index contributed by atoms with van der Waals surface area (Å²) in [6.07, 6.45) is -1.26. The van der Waals surface area contributed by atoms with E-state index in [1.807, 2.05) is 18.2 Å². The van der Waals surface area contributed by atoms with Crippen LogP contribution in [0.3, 0.4) is 0 Å². The molecule has 2 aromatic carbocycles. The number of aliphatic hydroxyl groups excluding tert-OH is 2. The molecule has 0 spiro atoms. The van der Waals surface area contributed by atoms with Crippen LogP contribution in [0.4, 0.5) is 23.5 Å². The van der Waals surface area contributed by atoms with Crippen LogP contribution in [0, 0.1) is 0 Å². The highest BCUT2D eigenvalue weighted by Crippen LogP contribution is 2.31. The highest BCUT2D eigenvalue weighted by atomic mass is 16.5. The number of phenolic OH excluding ortho intramolecular Hbond substituents is 1. The molecule has 4 rings (SSSR count). The predicted octanol–water partition coefficient (Wildman–Crippen LogP) is 2.96. The summed E-state index contributed by atoms with van der Waals surface area (Å²) in [7, 11) is 4.64. The molecule has 7 N–H and O–H groups in total. The van der Waals surface area contributed by atoms with Crippen molar-refractivity contribution in [3.05, 3.63) is 47.5 Å². The number of aromatic nitrogens is 4. The van der Waals surface area contributed by atoms with Gasteiger partial charge in [0.05, 0.1) is 33.5 Å². The molecule has 14 heteroatoms. The van der Waals surface area contributed by atoms with E-state index in [0.717, 1.165) is 11.1 Å². The third-order valence-electron chi connectivity index (χ3n) is 6.27. The van der Waals surface area contributed by atoms with E-state index in [1.54, 1.807) is 46.3 Å². The van der Waals surface area contributed by atoms with Crippen LogP contribution in [0.15, 0.2) is 36.4 Å². The molecule has 230 valence electrons. The Kier molecular flexibility index (Phi) is 10.4. The summed E-state index contributed by atoms with van der Waals surface area (Å²) in [5.41, 5.74) is 2.58. The minimum absolute atomic E-state index is 0.0371. The third kappa shape index (κ3) is 8.14. The molecule has 43 heavy (non-hydrogen) atoms. The lowest BCUT2D eigenvalue weighted by Crippen LogP contribution is -2.19. The Morgan fingerprint density at radius 2 is 1.09 bits per heavy atom. The summed E-state index contributed by atoms with van der Waals surface area (Å²) in [6, 6.07) is 10.6. The lowest BCUT2D eigenvalue weighted by molar-refractivity contribution is 0.207. The topological polar surface area (TPSA) is 188 Å². The highest BCUT2D eigenvalue weighted by Gasteiger charge is 2.18. The molecule has 4 aromatic rings. The van der Waals surface area contributed by atoms with Crippen molar-refractivity contribution < 1.29 is 29.5 Å². The Labute approximate surface area is 249 Å². The number of aliphatic hydroxyl groups is 2. The number of aromatic hydroxyl groups is 1. The number of anilines is 4. The maximum absolute atomic E-state index is 9.98. The maximum Gasteiger partial charge on any atom is 0.225 e. The Bertz CT molecular complexity index is 1540. The molecule has 0 aliphatic rings. The van der Waals surface area contributed by atoms with Crippen molar-refractivity contribution in [1.82, 2.24) is 19.9 Å². The zero-order chi connectivity index (χ0) is 30.9. The number of rotatable bonds is 15. The number of methoxy groups -OCH3 is 3. The average molecular weight is 595 g/mol. The van der Waals surface area contributed by atoms with Gasteiger partial charge in [-0.1, -0.05) is 12.1 Å². The normalized spacial score (nSPS) is 12.3. The van der Waals surface area contributed by atoms with Gasteiger partial charge in [0.1, 0.15) is 11.0 Å². The maximum atomic E-state index is 9.98. The van der Waals surface area contributed by atoms with E-state index in [1.165, 1.54) is 7.11 Å². The van der Waals surface area contributed by atoms with E-state index in [9.17, 15) is 15.3 Å². The second-order valence-electron chi connectivity index (χ2n) is 9.85. The minimum atomic E-state index is -0.633. The molecule has 0 bridgehead atoms. The Morgan fingerprint density at radius 3 is 1.56 bits per heavy atom. The van der Waals surface area contributed by atoms with Crippen LogP contribution >= 0.6 is 0 Å². The Morgan fingerprint density at radius 1 is 0.628 bits per heavy atom. The van der Waals surface area contributed by atoms with Crippen LogP contribution in [-0.4, -0.2) is 81.9 Å². The van der Waals surface area contributed by atoms with Crippen LogP contribution in [0.5, 0.6) is 23.0 Å². The van der Waals surface area contributed by atoms with Gasteiger partial charge in [-0.2, -0.15) is 9.97 Å². The van der Waals surface area contributed by atoms with Gasteiger partial charge in [0.25, 0.3) is 0 Å². The summed E-state index contributed by atoms with van der Waals surface area (Å²) in [5, 5.41) is 42.5. The SMILES string of the molecule is COc1cc(CNc2nc(NCC(C)O)nc3c(NCc4ccc(OC)c(OC)c4)nc(NCC(C)O)nc23)ccc1O. The van der Waals surface area contributed by atoms with E-state index in [0.29, 0.717) is 53.0 Å². The number of phenols is 1. The van der Waals surface area contributed by atoms with Gasteiger partial charge in [-0.15, -0.1) is 0 Å². The molecule has 0 aliphatic heterocycles. The van der Waals surface area contributed by atoms with E-state index >= 15 is 0 Å². The van der Waals surface area contributed by atoms with Gasteiger partial charge in [0, 0.05) is 26.2 Å². The van der Waals surface area contributed by atoms with Crippen molar-refractivity contribution in [2.24, 2.45) is 0 Å². The van der Waals surface area contributed by atoms with E-state index in [2.05, 4.69) is 41.2 Å². The first-order chi connectivity index (χ1) is 20.7. The Hall–Kier alpha value is -4.82. The lowest BCUT2D eigenvalue weighted by Gasteiger charge is -2.17. The van der Waals surface area contributed by atoms with Crippen LogP contribution in [-0.2, 0) is 13.1 Å². The smallest absolute Gasteiger partial charge is 0.225 e. The van der Waals surface area contributed by atoms with Gasteiger partial charge in [-0.3, -0.25) is 0 Å². The number of benzene rings is 2. The minimum Gasteiger partial charge on any atom is -0.504 e. The standard InChI is InChI=1S/C29H38N8O6/c1-16(38)12-32-28-35-25-24(26(36-28)30-14-18-6-8-20(40)22(10-18)42-4)34-29(33-13-17(2)39)37-27(25)31-15-19-7-9-21(41-3)23(11-19)43-5/h6-11,16-17,38-40H,12-15H2,1-5H3,(H2,30,32,35,36)(H2,31,33,34,37). The van der Waals surface area contributed by atoms with E-state index < -0.39 is 12.2 Å². The Balaban J connectivity index is 1.75. The number of ether oxygens (including phenoxy) is 3. The fourth-order valence-electron chi connectivity index (χ4n) is 4.09. The monoisotopic (exact) mass is 594 g/mol. The summed E-state index contributed by atoms with van der Waals surface area (Å²) in [4.78, 5) is 18.6. The van der Waals surface area contributed by atoms with E-state index in [-0.39, 0.29) is 30.7 Å². The molecular formula is C29H38N8O6. The molecule has 2 heterocycles. The van der Waals surface area contributed by atoms with Gasteiger partial charge in [-0.05, 0) is 49.2 Å². The molecule has 2 atom stereocenters. The van der Waals surface area contributed by atoms with Gasteiger partial charge < -0.3 is 50.8 Å². The average Bonchev–Trinajstić information content (AvgIpc) is 3.00. The zero-order valence-corrected chi connectivity index (χ0v) is 24.8. The summed E-state index contributed by atoms with van der Waals surface area (Å²) >= 11 is 0. The van der Waals surface area contributed by atoms with Crippen LogP contribution in [0.2, 0.25) is 0 Å². The van der Waals surface area contributed by atoms with Crippen LogP contribution in [0.1, 0.15) is 25.0 Å². The quantitative estimate of drug-likeness (QED) is 0.106. The largest absolute Gasteiger partial charge is 0.504 e. The molecule has 2 unspecified atom stereocenters. The molecule has 0 radical (unpaired) electrons. The van der Waals surface area contributed by atoms with Crippen molar-refractivity contribution in [3.63, 3.8) is 0 Å². The zero-order valence-electron chi connectivity index (χ0n) is 24.8. The molecule has 0 saturated heterocycles. The van der Waals surface area contributed by atoms with E-state index in [4.69, 9.17) is 14.2 Å². The second kappa shape index (κ2) is 14.4. The van der Waals surface area contributed by atoms with Crippen molar-refractivity contribution in [2.75, 3.05) is 55.7 Å². The number of hydrogen-bond donors (Lipinski definition) is 7. The van der Waals surface area contributed by atoms with Gasteiger partial charge >= 0.3 is 0 Å². The number of hydrogen-bond acceptors (Lipinski definition) is 14. The molecule has 14 nitrogen and oxygen atoms in total. The van der Waals surface area contributed by atoms with Gasteiger partial charge in [-0.25, -0.2) is 9.97 Å². The van der Waals surface area contributed by atoms with Crippen molar-refractivity contribution in [3.8, 4) is 23.0 Å². The molecule has 0 amide bonds. The molecular weight excluding hydrogens is 556 g/mol. The summed E-state index contributed by atoms with van der Waals surface area (Å²) in [5.74, 6) is 2.96. The molecule has 0 saturated carbocycles. The van der Waals surface area contributed by atoms with Crippen LogP contribution in [0.25, 0.3) is 11.0 Å². The van der Waals surface area contributed by atoms with Crippen LogP contribution < -0.4 is 35.5 Å². The summed E-state index contributed by atoms with van der Waals surface area (Å²) < 4.78 is 16.0. The van der Waals surface area contributed by atoms with Crippen molar-refractivity contribution in [1.29, 1.82) is 0 Å². The van der Waals surface area contributed by atoms with Crippen molar-refractivity contribution in [2.45, 2.75) is 39.1 Å². The number of nitrogens with one attached hydrogen (secondary N) is 4. The lowest BCUT2D eigenvalue weighted by atomic mass is 10.2. The first-order valence-electron chi connectivity index (χ1n) is 13.7. The second-order valence-corrected chi connectivity index (χ2v) is 9.85. The molecule has 0 fully saturated rings. The highest BCUT2D eigenvalue weighted by molar-refractivity contribution is 5.94. The fraction of sp³-hybridized carbons (Fsp3) is 0.379. The predicted molar refractivity (Wildman–Crippen MR) is 164 cm³/mol. The molecule has 2 aromatic heterocycles. The molecule has 0 aliphatic carbocycles. The van der Waals surface area contributed by atoms with Gasteiger partial charge in [0.15, 0.2) is 34.6 Å². The summed E-state index contributed by atoms with van der Waals surface area (Å²) in [6.45, 7) is 4.47. The number of nitrogens with zero attached hydrogens (tertiary/aromatic N) is 4. The fourth-order valence-corrected chi connectivity index (χ4v) is 4.09. The van der Waals surface area contributed by atoms with Crippen molar-refractivity contribution >= 4 is 34.6 Å². The van der Waals surface area contributed by atoms with Gasteiger partial charge in [0.2, 0.25) is 11.9 Å².